The second-order valence-corrected chi connectivity index (χ2v) is 8.65. The van der Waals surface area contributed by atoms with E-state index in [1.807, 2.05) is 60.7 Å². The maximum atomic E-state index is 13.5. The van der Waals surface area contributed by atoms with Gasteiger partial charge in [-0.05, 0) is 48.7 Å². The number of non-ortho nitro benzene ring substituents is 1. The van der Waals surface area contributed by atoms with E-state index in [9.17, 15) is 14.9 Å². The molecule has 0 aliphatic heterocycles. The Morgan fingerprint density at radius 3 is 2.61 bits per heavy atom. The molecule has 0 saturated heterocycles. The van der Waals surface area contributed by atoms with E-state index in [0.717, 1.165) is 22.4 Å². The highest BCUT2D eigenvalue weighted by Gasteiger charge is 2.19. The minimum Gasteiger partial charge on any atom is -0.268 e. The fourth-order valence-corrected chi connectivity index (χ4v) is 4.76. The highest BCUT2D eigenvalue weighted by Crippen LogP contribution is 2.27. The number of fused-ring (bicyclic) bond motifs is 3. The number of benzene rings is 3. The summed E-state index contributed by atoms with van der Waals surface area (Å²) in [6, 6.07) is 19.8. The number of aromatic nitrogens is 4. The van der Waals surface area contributed by atoms with Crippen molar-refractivity contribution in [1.82, 2.24) is 19.2 Å². The van der Waals surface area contributed by atoms with E-state index in [1.165, 1.54) is 17.8 Å². The first kappa shape index (κ1) is 20.9. The number of hydrogen-bond donors (Lipinski definition) is 0. The van der Waals surface area contributed by atoms with Gasteiger partial charge in [-0.25, -0.2) is 4.57 Å². The van der Waals surface area contributed by atoms with Gasteiger partial charge >= 0.3 is 0 Å². The van der Waals surface area contributed by atoms with Crippen molar-refractivity contribution in [2.45, 2.75) is 24.8 Å². The molecule has 0 bridgehead atoms. The predicted octanol–water partition coefficient (Wildman–Crippen LogP) is 4.85. The second kappa shape index (κ2) is 8.18. The van der Waals surface area contributed by atoms with Gasteiger partial charge in [-0.3, -0.25) is 19.3 Å². The lowest BCUT2D eigenvalue weighted by atomic mass is 10.1. The first-order valence-electron chi connectivity index (χ1n) is 10.3. The van der Waals surface area contributed by atoms with Gasteiger partial charge in [0.15, 0.2) is 5.16 Å². The predicted molar refractivity (Wildman–Crippen MR) is 128 cm³/mol. The largest absolute Gasteiger partial charge is 0.269 e. The number of nitrogens with zero attached hydrogens (tertiary/aromatic N) is 5. The average molecular weight is 458 g/mol. The van der Waals surface area contributed by atoms with Gasteiger partial charge in [0, 0.05) is 17.9 Å². The van der Waals surface area contributed by atoms with Crippen molar-refractivity contribution in [2.24, 2.45) is 0 Å². The van der Waals surface area contributed by atoms with Crippen LogP contribution >= 0.6 is 11.8 Å². The Morgan fingerprint density at radius 2 is 1.79 bits per heavy atom. The molecule has 0 fully saturated rings. The molecule has 0 saturated carbocycles. The van der Waals surface area contributed by atoms with Crippen LogP contribution in [0.25, 0.3) is 22.4 Å². The lowest BCUT2D eigenvalue weighted by Crippen LogP contribution is -2.22. The van der Waals surface area contributed by atoms with E-state index < -0.39 is 4.92 Å². The van der Waals surface area contributed by atoms with Crippen molar-refractivity contribution in [2.75, 3.05) is 0 Å². The maximum absolute atomic E-state index is 13.5. The van der Waals surface area contributed by atoms with Gasteiger partial charge in [0.05, 0.1) is 21.5 Å². The molecule has 5 rings (SSSR count). The van der Waals surface area contributed by atoms with E-state index >= 15 is 0 Å². The quantitative estimate of drug-likeness (QED) is 0.213. The zero-order valence-electron chi connectivity index (χ0n) is 17.9. The van der Waals surface area contributed by atoms with Gasteiger partial charge < -0.3 is 0 Å². The van der Waals surface area contributed by atoms with Crippen LogP contribution in [0.15, 0.2) is 76.7 Å². The number of aryl methyl sites for hydroxylation is 1. The van der Waals surface area contributed by atoms with E-state index in [2.05, 4.69) is 10.2 Å². The molecular formula is C24H19N5O3S. The van der Waals surface area contributed by atoms with Gasteiger partial charge in [-0.15, -0.1) is 10.2 Å². The Bertz CT molecular complexity index is 1610. The molecule has 0 atom stereocenters. The van der Waals surface area contributed by atoms with Gasteiger partial charge in [-0.2, -0.15) is 0 Å². The molecule has 8 nitrogen and oxygen atoms in total. The van der Waals surface area contributed by atoms with E-state index in [0.29, 0.717) is 27.6 Å². The zero-order valence-corrected chi connectivity index (χ0v) is 18.7. The third kappa shape index (κ3) is 3.56. The fraction of sp³-hybridized carbons (Fsp3) is 0.125. The van der Waals surface area contributed by atoms with E-state index in [4.69, 9.17) is 0 Å². The summed E-state index contributed by atoms with van der Waals surface area (Å²) in [6.45, 7) is 3.99. The van der Waals surface area contributed by atoms with Crippen molar-refractivity contribution in [3.63, 3.8) is 0 Å². The molecule has 0 aliphatic carbocycles. The Balaban J connectivity index is 1.69. The Labute approximate surface area is 192 Å². The maximum Gasteiger partial charge on any atom is 0.269 e. The highest BCUT2D eigenvalue weighted by molar-refractivity contribution is 7.98. The summed E-state index contributed by atoms with van der Waals surface area (Å²) in [6.07, 6.45) is 0. The van der Waals surface area contributed by atoms with Crippen LogP contribution in [-0.2, 0) is 5.75 Å². The van der Waals surface area contributed by atoms with Crippen LogP contribution in [0.3, 0.4) is 0 Å². The van der Waals surface area contributed by atoms with Gasteiger partial charge in [-0.1, -0.05) is 48.2 Å². The van der Waals surface area contributed by atoms with Crippen LogP contribution in [0, 0.1) is 24.0 Å². The minimum atomic E-state index is -0.406. The topological polar surface area (TPSA) is 95.3 Å². The van der Waals surface area contributed by atoms with Gasteiger partial charge in [0.2, 0.25) is 5.78 Å². The second-order valence-electron chi connectivity index (χ2n) is 7.71. The van der Waals surface area contributed by atoms with Crippen LogP contribution < -0.4 is 5.56 Å². The first-order valence-corrected chi connectivity index (χ1v) is 11.3. The molecule has 33 heavy (non-hydrogen) atoms. The van der Waals surface area contributed by atoms with Gasteiger partial charge in [0.25, 0.3) is 11.2 Å². The molecule has 0 spiro atoms. The zero-order chi connectivity index (χ0) is 23.1. The number of rotatable bonds is 5. The summed E-state index contributed by atoms with van der Waals surface area (Å²) >= 11 is 1.41. The van der Waals surface area contributed by atoms with Crippen molar-refractivity contribution in [3.05, 3.63) is 104 Å². The molecule has 9 heteroatoms. The normalized spacial score (nSPS) is 11.3. The number of nitro groups is 1. The summed E-state index contributed by atoms with van der Waals surface area (Å²) < 4.78 is 3.48. The summed E-state index contributed by atoms with van der Waals surface area (Å²) in [7, 11) is 0. The molecule has 0 amide bonds. The van der Waals surface area contributed by atoms with Crippen LogP contribution in [-0.4, -0.2) is 24.1 Å². The summed E-state index contributed by atoms with van der Waals surface area (Å²) in [5, 5.41) is 21.0. The first-order chi connectivity index (χ1) is 16.0. The minimum absolute atomic E-state index is 0.0495. The van der Waals surface area contributed by atoms with Crippen molar-refractivity contribution >= 4 is 34.1 Å². The molecular weight excluding hydrogens is 438 g/mol. The molecule has 2 aromatic heterocycles. The van der Waals surface area contributed by atoms with Crippen molar-refractivity contribution in [1.29, 1.82) is 0 Å². The number of para-hydroxylation sites is 1. The lowest BCUT2D eigenvalue weighted by molar-refractivity contribution is -0.384. The number of hydrogen-bond acceptors (Lipinski definition) is 6. The van der Waals surface area contributed by atoms with Gasteiger partial charge in [0.1, 0.15) is 0 Å². The Hall–Kier alpha value is -3.98. The standard InChI is InChI=1S/C24H19N5O3S/c1-15-7-5-12-20(16(15)2)27-22(30)19-10-3-4-11-21(19)28-23(27)25-26-24(28)33-14-17-8-6-9-18(13-17)29(31)32/h3-13H,14H2,1-2H3. The van der Waals surface area contributed by atoms with Crippen molar-refractivity contribution in [3.8, 4) is 5.69 Å². The fourth-order valence-electron chi connectivity index (χ4n) is 3.87. The van der Waals surface area contributed by atoms with Crippen molar-refractivity contribution < 1.29 is 4.92 Å². The third-order valence-corrected chi connectivity index (χ3v) is 6.70. The number of nitro benzene ring substituents is 1. The molecule has 0 radical (unpaired) electrons. The Morgan fingerprint density at radius 1 is 1.00 bits per heavy atom. The van der Waals surface area contributed by atoms with E-state index in [1.54, 1.807) is 22.8 Å². The monoisotopic (exact) mass is 457 g/mol. The Kier molecular flexibility index (Phi) is 5.18. The summed E-state index contributed by atoms with van der Waals surface area (Å²) in [5.41, 5.74) is 4.24. The molecule has 2 heterocycles. The molecule has 3 aromatic carbocycles. The molecule has 0 aliphatic rings. The molecule has 5 aromatic rings. The number of thioether (sulfide) groups is 1. The van der Waals surface area contributed by atoms with Crippen LogP contribution in [0.4, 0.5) is 5.69 Å². The summed E-state index contributed by atoms with van der Waals surface area (Å²) in [4.78, 5) is 24.2. The smallest absolute Gasteiger partial charge is 0.268 e. The van der Waals surface area contributed by atoms with E-state index in [-0.39, 0.29) is 11.2 Å². The molecule has 0 N–H and O–H groups in total. The lowest BCUT2D eigenvalue weighted by Gasteiger charge is -2.14. The average Bonchev–Trinajstić information content (AvgIpc) is 3.24. The summed E-state index contributed by atoms with van der Waals surface area (Å²) in [5.74, 6) is 0.897. The third-order valence-electron chi connectivity index (χ3n) is 5.70. The van der Waals surface area contributed by atoms with Crippen LogP contribution in [0.5, 0.6) is 0 Å². The molecule has 164 valence electrons. The SMILES string of the molecule is Cc1cccc(-n2c(=O)c3ccccc3n3c(SCc4cccc([N+](=O)[O-])c4)nnc23)c1C. The highest BCUT2D eigenvalue weighted by atomic mass is 32.2. The van der Waals surface area contributed by atoms with Crippen LogP contribution in [0.2, 0.25) is 0 Å². The van der Waals surface area contributed by atoms with Crippen LogP contribution in [0.1, 0.15) is 16.7 Å². The molecule has 0 unspecified atom stereocenters.